The molecule has 12 aromatic carbocycles. The molecule has 0 N–H and O–H groups in total. The molecule has 0 aliphatic heterocycles. The second-order valence-electron chi connectivity index (χ2n) is 16.0. The van der Waals surface area contributed by atoms with Gasteiger partial charge in [-0.1, -0.05) is 194 Å². The van der Waals surface area contributed by atoms with Crippen LogP contribution in [0.5, 0.6) is 0 Å². The first-order valence-electron chi connectivity index (χ1n) is 20.8. The molecule has 0 heteroatoms. The van der Waals surface area contributed by atoms with Gasteiger partial charge in [0.25, 0.3) is 0 Å². The number of hydrogen-bond acceptors (Lipinski definition) is 0. The molecule has 12 rings (SSSR count). The van der Waals surface area contributed by atoms with E-state index in [0.29, 0.717) is 0 Å². The third-order valence-corrected chi connectivity index (χ3v) is 12.6. The zero-order valence-electron chi connectivity index (χ0n) is 32.9. The van der Waals surface area contributed by atoms with E-state index in [0.717, 1.165) is 0 Å². The Morgan fingerprint density at radius 2 is 0.417 bits per heavy atom. The Morgan fingerprint density at radius 1 is 0.150 bits per heavy atom. The lowest BCUT2D eigenvalue weighted by Gasteiger charge is -2.18. The van der Waals surface area contributed by atoms with Gasteiger partial charge in [-0.2, -0.15) is 0 Å². The highest BCUT2D eigenvalue weighted by atomic mass is 14.2. The van der Waals surface area contributed by atoms with Crippen LogP contribution in [0.4, 0.5) is 0 Å². The molecule has 0 nitrogen and oxygen atoms in total. The van der Waals surface area contributed by atoms with Gasteiger partial charge < -0.3 is 0 Å². The third kappa shape index (κ3) is 5.69. The van der Waals surface area contributed by atoms with Crippen molar-refractivity contribution in [1.82, 2.24) is 0 Å². The standard InChI is InChI=1S/C60H38/c1-5-21-49-39(13-1)17-9-25-53(49)43-29-31-57-45(33-43)35-47(55-27-11-19-41-15-3-7-23-51(41)55)37-59(57)60-38-48(56-28-12-20-42-16-4-8-24-52(42)56)36-46-34-44(30-32-58(46)60)54-26-10-18-40-14-2-6-22-50(40)54/h1-38H. The summed E-state index contributed by atoms with van der Waals surface area (Å²) in [5.41, 5.74) is 12.3. The molecular formula is C60H38. The quantitative estimate of drug-likeness (QED) is 0.164. The van der Waals surface area contributed by atoms with E-state index in [1.54, 1.807) is 0 Å². The SMILES string of the molecule is c1ccc2c(-c3ccc4c(-c5cc(-c6cccc7ccccc67)cc6cc(-c7cccc8ccccc78)ccc56)cc(-c5cccc6ccccc56)cc4c3)cccc2c1. The Kier molecular flexibility index (Phi) is 7.96. The van der Waals surface area contributed by atoms with Crippen LogP contribution in [0.3, 0.4) is 0 Å². The predicted molar refractivity (Wildman–Crippen MR) is 259 cm³/mol. The summed E-state index contributed by atoms with van der Waals surface area (Å²) in [6, 6.07) is 85.5. The van der Waals surface area contributed by atoms with E-state index in [1.165, 1.54) is 120 Å². The van der Waals surface area contributed by atoms with Gasteiger partial charge in [0.15, 0.2) is 0 Å². The molecule has 0 spiro atoms. The highest BCUT2D eigenvalue weighted by Crippen LogP contribution is 2.44. The van der Waals surface area contributed by atoms with Crippen molar-refractivity contribution in [3.63, 3.8) is 0 Å². The number of rotatable bonds is 5. The Balaban J connectivity index is 1.17. The maximum Gasteiger partial charge on any atom is -0.00928 e. The maximum atomic E-state index is 2.45. The molecule has 0 radical (unpaired) electrons. The van der Waals surface area contributed by atoms with E-state index >= 15 is 0 Å². The maximum absolute atomic E-state index is 2.45. The minimum absolute atomic E-state index is 1.21. The topological polar surface area (TPSA) is 0 Å². The lowest BCUT2D eigenvalue weighted by molar-refractivity contribution is 1.63. The molecule has 0 aliphatic rings. The van der Waals surface area contributed by atoms with Gasteiger partial charge in [0.05, 0.1) is 0 Å². The largest absolute Gasteiger partial charge is 0.0616 e. The Labute approximate surface area is 349 Å². The van der Waals surface area contributed by atoms with E-state index in [1.807, 2.05) is 0 Å². The summed E-state index contributed by atoms with van der Waals surface area (Å²) in [5.74, 6) is 0. The fourth-order valence-corrected chi connectivity index (χ4v) is 9.74. The number of fused-ring (bicyclic) bond motifs is 6. The first-order chi connectivity index (χ1) is 29.7. The van der Waals surface area contributed by atoms with Crippen molar-refractivity contribution in [1.29, 1.82) is 0 Å². The summed E-state index contributed by atoms with van der Waals surface area (Å²) in [6.45, 7) is 0. The van der Waals surface area contributed by atoms with Crippen molar-refractivity contribution in [3.05, 3.63) is 231 Å². The Hall–Kier alpha value is -7.80. The molecule has 0 bridgehead atoms. The van der Waals surface area contributed by atoms with Crippen molar-refractivity contribution in [3.8, 4) is 55.6 Å². The van der Waals surface area contributed by atoms with Gasteiger partial charge in [0.1, 0.15) is 0 Å². The summed E-state index contributed by atoms with van der Waals surface area (Å²) >= 11 is 0. The van der Waals surface area contributed by atoms with Crippen molar-refractivity contribution >= 4 is 64.6 Å². The van der Waals surface area contributed by atoms with Crippen LogP contribution >= 0.6 is 0 Å². The highest BCUT2D eigenvalue weighted by Gasteiger charge is 2.17. The van der Waals surface area contributed by atoms with Gasteiger partial charge >= 0.3 is 0 Å². The fraction of sp³-hybridized carbons (Fsp3) is 0. The van der Waals surface area contributed by atoms with Crippen LogP contribution in [-0.4, -0.2) is 0 Å². The minimum Gasteiger partial charge on any atom is -0.0616 e. The molecule has 0 heterocycles. The second kappa shape index (κ2) is 13.9. The molecule has 0 atom stereocenters. The van der Waals surface area contributed by atoms with E-state index in [-0.39, 0.29) is 0 Å². The van der Waals surface area contributed by atoms with Crippen LogP contribution < -0.4 is 0 Å². The summed E-state index contributed by atoms with van der Waals surface area (Å²) in [5, 5.41) is 14.9. The molecule has 0 fully saturated rings. The fourth-order valence-electron chi connectivity index (χ4n) is 9.74. The second-order valence-corrected chi connectivity index (χ2v) is 16.0. The molecule has 0 saturated carbocycles. The monoisotopic (exact) mass is 758 g/mol. The van der Waals surface area contributed by atoms with Crippen molar-refractivity contribution in [2.45, 2.75) is 0 Å². The van der Waals surface area contributed by atoms with E-state index < -0.39 is 0 Å². The lowest BCUT2D eigenvalue weighted by Crippen LogP contribution is -1.92. The summed E-state index contributed by atoms with van der Waals surface area (Å²) in [4.78, 5) is 0. The predicted octanol–water partition coefficient (Wildman–Crippen LogP) is 16.9. The van der Waals surface area contributed by atoms with Gasteiger partial charge in [-0.3, -0.25) is 0 Å². The van der Waals surface area contributed by atoms with Gasteiger partial charge in [-0.25, -0.2) is 0 Å². The number of benzene rings is 12. The molecule has 60 heavy (non-hydrogen) atoms. The molecule has 0 aromatic heterocycles. The average molecular weight is 759 g/mol. The average Bonchev–Trinajstić information content (AvgIpc) is 3.32. The van der Waals surface area contributed by atoms with E-state index in [2.05, 4.69) is 231 Å². The van der Waals surface area contributed by atoms with Crippen LogP contribution in [0.25, 0.3) is 120 Å². The van der Waals surface area contributed by atoms with Crippen molar-refractivity contribution < 1.29 is 0 Å². The van der Waals surface area contributed by atoms with Gasteiger partial charge in [-0.05, 0) is 157 Å². The van der Waals surface area contributed by atoms with Crippen LogP contribution in [0, 0.1) is 0 Å². The molecule has 12 aromatic rings. The molecule has 0 aliphatic carbocycles. The van der Waals surface area contributed by atoms with Gasteiger partial charge in [0.2, 0.25) is 0 Å². The third-order valence-electron chi connectivity index (χ3n) is 12.6. The normalized spacial score (nSPS) is 11.7. The number of hydrogen-bond donors (Lipinski definition) is 0. The smallest absolute Gasteiger partial charge is 0.00928 e. The highest BCUT2D eigenvalue weighted by molar-refractivity contribution is 6.13. The summed E-state index contributed by atoms with van der Waals surface area (Å²) < 4.78 is 0. The first-order valence-corrected chi connectivity index (χ1v) is 20.8. The van der Waals surface area contributed by atoms with Crippen LogP contribution in [-0.2, 0) is 0 Å². The molecule has 0 unspecified atom stereocenters. The Morgan fingerprint density at radius 3 is 0.767 bits per heavy atom. The van der Waals surface area contributed by atoms with Gasteiger partial charge in [0, 0.05) is 0 Å². The van der Waals surface area contributed by atoms with Crippen LogP contribution in [0.15, 0.2) is 231 Å². The molecule has 0 saturated heterocycles. The van der Waals surface area contributed by atoms with Gasteiger partial charge in [-0.15, -0.1) is 0 Å². The molecule has 0 amide bonds. The van der Waals surface area contributed by atoms with Crippen molar-refractivity contribution in [2.75, 3.05) is 0 Å². The first kappa shape index (κ1) is 34.3. The summed E-state index contributed by atoms with van der Waals surface area (Å²) in [6.07, 6.45) is 0. The summed E-state index contributed by atoms with van der Waals surface area (Å²) in [7, 11) is 0. The zero-order valence-corrected chi connectivity index (χ0v) is 32.9. The minimum atomic E-state index is 1.21. The lowest BCUT2D eigenvalue weighted by atomic mass is 9.85. The molecule has 278 valence electrons. The van der Waals surface area contributed by atoms with E-state index in [4.69, 9.17) is 0 Å². The van der Waals surface area contributed by atoms with Crippen LogP contribution in [0.1, 0.15) is 0 Å². The van der Waals surface area contributed by atoms with Crippen molar-refractivity contribution in [2.24, 2.45) is 0 Å². The Bertz CT molecular complexity index is 3390. The zero-order chi connectivity index (χ0) is 39.6. The van der Waals surface area contributed by atoms with Crippen LogP contribution in [0.2, 0.25) is 0 Å². The van der Waals surface area contributed by atoms with E-state index in [9.17, 15) is 0 Å². The molecular weight excluding hydrogens is 721 g/mol.